The molecule has 0 bridgehead atoms. The van der Waals surface area contributed by atoms with Crippen LogP contribution in [0.15, 0.2) is 4.52 Å². The molecule has 0 saturated carbocycles. The fourth-order valence-electron chi connectivity index (χ4n) is 1.38. The molecule has 6 heteroatoms. The molecule has 0 aliphatic heterocycles. The number of aromatic nitrogens is 2. The molecule has 1 aromatic heterocycles. The van der Waals surface area contributed by atoms with Gasteiger partial charge in [0.1, 0.15) is 5.25 Å². The van der Waals surface area contributed by atoms with Crippen LogP contribution < -0.4 is 0 Å². The Morgan fingerprint density at radius 3 is 2.76 bits per heavy atom. The second kappa shape index (κ2) is 6.64. The Morgan fingerprint density at radius 1 is 1.53 bits per heavy atom. The number of carboxylic acid groups (broad SMARTS) is 1. The van der Waals surface area contributed by atoms with Gasteiger partial charge in [-0.15, -0.1) is 11.8 Å². The number of rotatable bonds is 7. The van der Waals surface area contributed by atoms with Gasteiger partial charge in [0.15, 0.2) is 5.82 Å². The second-order valence-electron chi connectivity index (χ2n) is 4.17. The van der Waals surface area contributed by atoms with Gasteiger partial charge in [0.2, 0.25) is 5.89 Å². The number of hydrogen-bond donors (Lipinski definition) is 1. The van der Waals surface area contributed by atoms with Crippen molar-refractivity contribution in [2.24, 2.45) is 5.92 Å². The Kier molecular flexibility index (Phi) is 5.47. The topological polar surface area (TPSA) is 76.2 Å². The van der Waals surface area contributed by atoms with Gasteiger partial charge in [0, 0.05) is 6.42 Å². The van der Waals surface area contributed by atoms with E-state index in [1.165, 1.54) is 11.8 Å². The lowest BCUT2D eigenvalue weighted by Crippen LogP contribution is -2.22. The fraction of sp³-hybridized carbons (Fsp3) is 0.727. The Hall–Kier alpha value is -1.04. The third-order valence-electron chi connectivity index (χ3n) is 2.21. The van der Waals surface area contributed by atoms with Crippen molar-refractivity contribution in [3.8, 4) is 0 Å². The maximum atomic E-state index is 11.0. The van der Waals surface area contributed by atoms with Crippen molar-refractivity contribution >= 4 is 17.7 Å². The van der Waals surface area contributed by atoms with Gasteiger partial charge in [-0.05, 0) is 12.3 Å². The summed E-state index contributed by atoms with van der Waals surface area (Å²) in [6.07, 6.45) is 1.72. The van der Waals surface area contributed by atoms with Crippen LogP contribution in [0, 0.1) is 5.92 Å². The number of carbonyl (C=O) groups is 1. The molecule has 0 aliphatic rings. The molecule has 0 aromatic carbocycles. The average Bonchev–Trinajstić information content (AvgIpc) is 2.65. The highest BCUT2D eigenvalue weighted by Gasteiger charge is 2.22. The molecule has 0 spiro atoms. The first kappa shape index (κ1) is 14.0. The zero-order valence-electron chi connectivity index (χ0n) is 10.3. The van der Waals surface area contributed by atoms with E-state index in [1.54, 1.807) is 0 Å². The highest BCUT2D eigenvalue weighted by molar-refractivity contribution is 7.99. The summed E-state index contributed by atoms with van der Waals surface area (Å²) in [6.45, 7) is 5.83. The number of aliphatic carboxylic acids is 1. The van der Waals surface area contributed by atoms with Crippen LogP contribution in [0.1, 0.15) is 38.9 Å². The number of aryl methyl sites for hydroxylation is 1. The van der Waals surface area contributed by atoms with Gasteiger partial charge in [-0.2, -0.15) is 4.98 Å². The van der Waals surface area contributed by atoms with Crippen molar-refractivity contribution < 1.29 is 14.4 Å². The van der Waals surface area contributed by atoms with E-state index in [-0.39, 0.29) is 5.92 Å². The number of nitrogens with zero attached hydrogens (tertiary/aromatic N) is 2. The standard InChI is InChI=1S/C11H18N2O3S/c1-4-5-9-12-8(13-16-9)6-17-10(7(2)3)11(14)15/h7,10H,4-6H2,1-3H3,(H,14,15). The molecule has 1 rings (SSSR count). The minimum absolute atomic E-state index is 0.0829. The van der Waals surface area contributed by atoms with E-state index < -0.39 is 11.2 Å². The van der Waals surface area contributed by atoms with Crippen molar-refractivity contribution in [3.63, 3.8) is 0 Å². The number of carboxylic acids is 1. The zero-order valence-corrected chi connectivity index (χ0v) is 11.2. The summed E-state index contributed by atoms with van der Waals surface area (Å²) in [4.78, 5) is 15.2. The predicted octanol–water partition coefficient (Wildman–Crippen LogP) is 2.36. The second-order valence-corrected chi connectivity index (χ2v) is 5.30. The fourth-order valence-corrected chi connectivity index (χ4v) is 2.35. The molecular formula is C11H18N2O3S. The van der Waals surface area contributed by atoms with Crippen LogP contribution in [-0.4, -0.2) is 26.5 Å². The first-order valence-electron chi connectivity index (χ1n) is 5.70. The summed E-state index contributed by atoms with van der Waals surface area (Å²) >= 11 is 1.34. The third kappa shape index (κ3) is 4.38. The smallest absolute Gasteiger partial charge is 0.316 e. The maximum absolute atomic E-state index is 11.0. The van der Waals surface area contributed by atoms with Gasteiger partial charge in [-0.1, -0.05) is 25.9 Å². The predicted molar refractivity (Wildman–Crippen MR) is 65.8 cm³/mol. The molecule has 0 fully saturated rings. The summed E-state index contributed by atoms with van der Waals surface area (Å²) in [7, 11) is 0. The van der Waals surface area contributed by atoms with E-state index in [1.807, 2.05) is 20.8 Å². The van der Waals surface area contributed by atoms with E-state index >= 15 is 0 Å². The third-order valence-corrected chi connectivity index (χ3v) is 3.74. The molecule has 17 heavy (non-hydrogen) atoms. The highest BCUT2D eigenvalue weighted by Crippen LogP contribution is 2.23. The van der Waals surface area contributed by atoms with Crippen molar-refractivity contribution in [2.45, 2.75) is 44.6 Å². The van der Waals surface area contributed by atoms with Crippen molar-refractivity contribution in [3.05, 3.63) is 11.7 Å². The molecular weight excluding hydrogens is 240 g/mol. The summed E-state index contributed by atoms with van der Waals surface area (Å²) in [5.41, 5.74) is 0. The first-order valence-corrected chi connectivity index (χ1v) is 6.75. The number of hydrogen-bond acceptors (Lipinski definition) is 5. The van der Waals surface area contributed by atoms with E-state index in [9.17, 15) is 4.79 Å². The van der Waals surface area contributed by atoms with Crippen molar-refractivity contribution in [1.82, 2.24) is 10.1 Å². The van der Waals surface area contributed by atoms with E-state index in [0.717, 1.165) is 12.8 Å². The van der Waals surface area contributed by atoms with Gasteiger partial charge in [-0.25, -0.2) is 0 Å². The molecule has 0 amide bonds. The van der Waals surface area contributed by atoms with Crippen LogP contribution in [0.2, 0.25) is 0 Å². The van der Waals surface area contributed by atoms with Crippen LogP contribution in [-0.2, 0) is 17.0 Å². The summed E-state index contributed by atoms with van der Waals surface area (Å²) < 4.78 is 5.04. The summed E-state index contributed by atoms with van der Waals surface area (Å²) in [5.74, 6) is 0.967. The molecule has 0 saturated heterocycles. The van der Waals surface area contributed by atoms with Crippen LogP contribution in [0.3, 0.4) is 0 Å². The van der Waals surface area contributed by atoms with Gasteiger partial charge in [-0.3, -0.25) is 4.79 Å². The highest BCUT2D eigenvalue weighted by atomic mass is 32.2. The van der Waals surface area contributed by atoms with Crippen molar-refractivity contribution in [2.75, 3.05) is 0 Å². The molecule has 1 N–H and O–H groups in total. The Morgan fingerprint density at radius 2 is 2.24 bits per heavy atom. The molecule has 1 aromatic rings. The summed E-state index contributed by atoms with van der Waals surface area (Å²) in [5, 5.41) is 12.4. The quantitative estimate of drug-likeness (QED) is 0.809. The van der Waals surface area contributed by atoms with Gasteiger partial charge in [0.05, 0.1) is 5.75 Å². The normalized spacial score (nSPS) is 12.9. The van der Waals surface area contributed by atoms with E-state index in [2.05, 4.69) is 10.1 Å². The largest absolute Gasteiger partial charge is 0.480 e. The lowest BCUT2D eigenvalue weighted by molar-refractivity contribution is -0.137. The minimum Gasteiger partial charge on any atom is -0.480 e. The molecule has 96 valence electrons. The molecule has 1 heterocycles. The van der Waals surface area contributed by atoms with Gasteiger partial charge in [0.25, 0.3) is 0 Å². The Bertz CT molecular complexity index is 365. The molecule has 0 aliphatic carbocycles. The monoisotopic (exact) mass is 258 g/mol. The van der Waals surface area contributed by atoms with Gasteiger partial charge >= 0.3 is 5.97 Å². The van der Waals surface area contributed by atoms with E-state index in [0.29, 0.717) is 17.5 Å². The van der Waals surface area contributed by atoms with Crippen molar-refractivity contribution in [1.29, 1.82) is 0 Å². The first-order chi connectivity index (χ1) is 8.04. The number of thioether (sulfide) groups is 1. The van der Waals surface area contributed by atoms with Crippen LogP contribution in [0.25, 0.3) is 0 Å². The zero-order chi connectivity index (χ0) is 12.8. The Balaban J connectivity index is 2.50. The van der Waals surface area contributed by atoms with E-state index in [4.69, 9.17) is 9.63 Å². The minimum atomic E-state index is -0.790. The molecule has 1 unspecified atom stereocenters. The lowest BCUT2D eigenvalue weighted by atomic mass is 10.1. The summed E-state index contributed by atoms with van der Waals surface area (Å²) in [6, 6.07) is 0. The molecule has 0 radical (unpaired) electrons. The average molecular weight is 258 g/mol. The lowest BCUT2D eigenvalue weighted by Gasteiger charge is -2.14. The van der Waals surface area contributed by atoms with Crippen LogP contribution >= 0.6 is 11.8 Å². The van der Waals surface area contributed by atoms with Crippen LogP contribution in [0.5, 0.6) is 0 Å². The SMILES string of the molecule is CCCc1nc(CSC(C(=O)O)C(C)C)no1. The molecule has 5 nitrogen and oxygen atoms in total. The van der Waals surface area contributed by atoms with Gasteiger partial charge < -0.3 is 9.63 Å². The Labute approximate surface area is 105 Å². The van der Waals surface area contributed by atoms with Crippen LogP contribution in [0.4, 0.5) is 0 Å². The maximum Gasteiger partial charge on any atom is 0.316 e. The molecule has 1 atom stereocenters.